The molecule has 3 aromatic rings. The lowest BCUT2D eigenvalue weighted by Crippen LogP contribution is -2.11. The standard InChI is InChI=1S/C27H32O/c1-6-22-12-14-24(15-13-22)27-20(4)17-25(18-21(27)5)28-26(16-19(2)3)23-10-8-7-9-11-23/h7-15,17-19,26H,6,16H2,1-5H3. The van der Waals surface area contributed by atoms with E-state index in [9.17, 15) is 0 Å². The normalized spacial score (nSPS) is 12.2. The second-order valence-electron chi connectivity index (χ2n) is 8.13. The van der Waals surface area contributed by atoms with Gasteiger partial charge >= 0.3 is 0 Å². The van der Waals surface area contributed by atoms with Crippen LogP contribution in [0, 0.1) is 19.8 Å². The van der Waals surface area contributed by atoms with Crippen molar-refractivity contribution in [3.63, 3.8) is 0 Å². The summed E-state index contributed by atoms with van der Waals surface area (Å²) in [5, 5.41) is 0. The predicted molar refractivity (Wildman–Crippen MR) is 120 cm³/mol. The lowest BCUT2D eigenvalue weighted by Gasteiger charge is -2.23. The van der Waals surface area contributed by atoms with Crippen molar-refractivity contribution in [3.05, 3.63) is 89.0 Å². The van der Waals surface area contributed by atoms with Crippen LogP contribution in [0.2, 0.25) is 0 Å². The molecule has 0 amide bonds. The summed E-state index contributed by atoms with van der Waals surface area (Å²) in [7, 11) is 0. The highest BCUT2D eigenvalue weighted by atomic mass is 16.5. The molecule has 0 fully saturated rings. The van der Waals surface area contributed by atoms with Gasteiger partial charge in [0.05, 0.1) is 0 Å². The molecular formula is C27H32O. The van der Waals surface area contributed by atoms with Crippen LogP contribution in [0.25, 0.3) is 11.1 Å². The van der Waals surface area contributed by atoms with Crippen molar-refractivity contribution in [2.75, 3.05) is 0 Å². The first-order chi connectivity index (χ1) is 13.5. The number of aryl methyl sites for hydroxylation is 3. The van der Waals surface area contributed by atoms with Gasteiger partial charge in [-0.05, 0) is 78.1 Å². The summed E-state index contributed by atoms with van der Waals surface area (Å²) >= 11 is 0. The third kappa shape index (κ3) is 4.84. The van der Waals surface area contributed by atoms with E-state index in [4.69, 9.17) is 4.74 Å². The fourth-order valence-corrected chi connectivity index (χ4v) is 3.87. The van der Waals surface area contributed by atoms with Crippen LogP contribution in [-0.2, 0) is 6.42 Å². The molecule has 0 saturated heterocycles. The van der Waals surface area contributed by atoms with Crippen LogP contribution in [0.15, 0.2) is 66.7 Å². The molecular weight excluding hydrogens is 340 g/mol. The topological polar surface area (TPSA) is 9.23 Å². The molecule has 0 aliphatic rings. The molecule has 0 heterocycles. The molecule has 1 heteroatoms. The minimum Gasteiger partial charge on any atom is -0.486 e. The third-order valence-electron chi connectivity index (χ3n) is 5.29. The fraction of sp³-hybridized carbons (Fsp3) is 0.333. The Balaban J connectivity index is 1.90. The second kappa shape index (κ2) is 9.10. The van der Waals surface area contributed by atoms with E-state index >= 15 is 0 Å². The van der Waals surface area contributed by atoms with E-state index in [1.165, 1.54) is 33.4 Å². The molecule has 1 unspecified atom stereocenters. The highest BCUT2D eigenvalue weighted by Gasteiger charge is 2.17. The molecule has 1 atom stereocenters. The Kier molecular flexibility index (Phi) is 6.57. The molecule has 0 aliphatic carbocycles. The van der Waals surface area contributed by atoms with Gasteiger partial charge < -0.3 is 4.74 Å². The van der Waals surface area contributed by atoms with Crippen molar-refractivity contribution in [2.45, 2.75) is 53.6 Å². The predicted octanol–water partition coefficient (Wildman–Crippen LogP) is 7.70. The zero-order valence-corrected chi connectivity index (χ0v) is 17.8. The Bertz CT molecular complexity index is 868. The second-order valence-corrected chi connectivity index (χ2v) is 8.13. The van der Waals surface area contributed by atoms with Crippen molar-refractivity contribution in [3.8, 4) is 16.9 Å². The fourth-order valence-electron chi connectivity index (χ4n) is 3.87. The molecule has 0 N–H and O–H groups in total. The van der Waals surface area contributed by atoms with E-state index in [2.05, 4.69) is 101 Å². The molecule has 0 saturated carbocycles. The minimum absolute atomic E-state index is 0.0784. The average molecular weight is 373 g/mol. The van der Waals surface area contributed by atoms with Gasteiger partial charge in [0.1, 0.15) is 11.9 Å². The van der Waals surface area contributed by atoms with Gasteiger partial charge in [0.15, 0.2) is 0 Å². The number of hydrogen-bond acceptors (Lipinski definition) is 1. The molecule has 0 bridgehead atoms. The molecule has 0 aliphatic heterocycles. The first-order valence-corrected chi connectivity index (χ1v) is 10.4. The average Bonchev–Trinajstić information content (AvgIpc) is 2.68. The van der Waals surface area contributed by atoms with E-state index in [1.54, 1.807) is 0 Å². The van der Waals surface area contributed by atoms with Crippen LogP contribution >= 0.6 is 0 Å². The molecule has 146 valence electrons. The molecule has 0 spiro atoms. The van der Waals surface area contributed by atoms with Crippen molar-refractivity contribution in [1.29, 1.82) is 0 Å². The van der Waals surface area contributed by atoms with Crippen LogP contribution in [0.4, 0.5) is 0 Å². The SMILES string of the molecule is CCc1ccc(-c2c(C)cc(OC(CC(C)C)c3ccccc3)cc2C)cc1. The summed E-state index contributed by atoms with van der Waals surface area (Å²) in [4.78, 5) is 0. The number of benzene rings is 3. The van der Waals surface area contributed by atoms with Gasteiger partial charge in [0.25, 0.3) is 0 Å². The highest BCUT2D eigenvalue weighted by Crippen LogP contribution is 2.34. The first kappa shape index (κ1) is 20.2. The third-order valence-corrected chi connectivity index (χ3v) is 5.29. The lowest BCUT2D eigenvalue weighted by molar-refractivity contribution is 0.177. The maximum Gasteiger partial charge on any atom is 0.124 e. The number of ether oxygens (including phenoxy) is 1. The summed E-state index contributed by atoms with van der Waals surface area (Å²) in [5.41, 5.74) is 7.73. The Labute approximate surface area is 170 Å². The molecule has 0 radical (unpaired) electrons. The summed E-state index contributed by atoms with van der Waals surface area (Å²) in [5.74, 6) is 1.53. The maximum absolute atomic E-state index is 6.50. The van der Waals surface area contributed by atoms with Gasteiger partial charge in [-0.25, -0.2) is 0 Å². The Hall–Kier alpha value is -2.54. The summed E-state index contributed by atoms with van der Waals surface area (Å²) in [6.45, 7) is 11.1. The summed E-state index contributed by atoms with van der Waals surface area (Å²) < 4.78 is 6.50. The minimum atomic E-state index is 0.0784. The van der Waals surface area contributed by atoms with Crippen molar-refractivity contribution >= 4 is 0 Å². The zero-order valence-electron chi connectivity index (χ0n) is 17.8. The maximum atomic E-state index is 6.50. The number of rotatable bonds is 7. The van der Waals surface area contributed by atoms with Crippen LogP contribution in [0.5, 0.6) is 5.75 Å². The van der Waals surface area contributed by atoms with Crippen molar-refractivity contribution in [2.24, 2.45) is 5.92 Å². The molecule has 1 nitrogen and oxygen atoms in total. The van der Waals surface area contributed by atoms with Crippen LogP contribution in [0.3, 0.4) is 0 Å². The Morgan fingerprint density at radius 3 is 1.96 bits per heavy atom. The summed E-state index contributed by atoms with van der Waals surface area (Å²) in [6.07, 6.45) is 2.15. The summed E-state index contributed by atoms with van der Waals surface area (Å²) in [6, 6.07) is 23.9. The lowest BCUT2D eigenvalue weighted by atomic mass is 9.94. The van der Waals surface area contributed by atoms with Gasteiger partial charge in [-0.3, -0.25) is 0 Å². The highest BCUT2D eigenvalue weighted by molar-refractivity contribution is 5.72. The molecule has 3 rings (SSSR count). The monoisotopic (exact) mass is 372 g/mol. The van der Waals surface area contributed by atoms with Crippen LogP contribution in [-0.4, -0.2) is 0 Å². The van der Waals surface area contributed by atoms with Gasteiger partial charge in [0.2, 0.25) is 0 Å². The van der Waals surface area contributed by atoms with Gasteiger partial charge in [0, 0.05) is 0 Å². The van der Waals surface area contributed by atoms with Crippen LogP contribution < -0.4 is 4.74 Å². The molecule has 3 aromatic carbocycles. The number of hydrogen-bond donors (Lipinski definition) is 0. The largest absolute Gasteiger partial charge is 0.486 e. The Morgan fingerprint density at radius 1 is 0.821 bits per heavy atom. The van der Waals surface area contributed by atoms with E-state index in [1.807, 2.05) is 0 Å². The first-order valence-electron chi connectivity index (χ1n) is 10.4. The molecule has 0 aromatic heterocycles. The van der Waals surface area contributed by atoms with Gasteiger partial charge in [-0.15, -0.1) is 0 Å². The van der Waals surface area contributed by atoms with Crippen molar-refractivity contribution in [1.82, 2.24) is 0 Å². The smallest absolute Gasteiger partial charge is 0.124 e. The van der Waals surface area contributed by atoms with E-state index in [0.717, 1.165) is 18.6 Å². The van der Waals surface area contributed by atoms with E-state index < -0.39 is 0 Å². The van der Waals surface area contributed by atoms with Crippen LogP contribution in [0.1, 0.15) is 55.5 Å². The Morgan fingerprint density at radius 2 is 1.43 bits per heavy atom. The quantitative estimate of drug-likeness (QED) is 0.413. The van der Waals surface area contributed by atoms with Gasteiger partial charge in [-0.1, -0.05) is 75.4 Å². The molecule has 28 heavy (non-hydrogen) atoms. The van der Waals surface area contributed by atoms with Gasteiger partial charge in [-0.2, -0.15) is 0 Å². The van der Waals surface area contributed by atoms with E-state index in [-0.39, 0.29) is 6.10 Å². The van der Waals surface area contributed by atoms with E-state index in [0.29, 0.717) is 5.92 Å². The zero-order chi connectivity index (χ0) is 20.1. The van der Waals surface area contributed by atoms with Crippen molar-refractivity contribution < 1.29 is 4.74 Å².